The number of amides is 2. The van der Waals surface area contributed by atoms with E-state index in [0.29, 0.717) is 24.5 Å². The van der Waals surface area contributed by atoms with Gasteiger partial charge in [-0.1, -0.05) is 48.5 Å². The maximum atomic E-state index is 13.6. The zero-order valence-corrected chi connectivity index (χ0v) is 19.2. The smallest absolute Gasteiger partial charge is 0.274 e. The van der Waals surface area contributed by atoms with E-state index in [2.05, 4.69) is 20.5 Å². The van der Waals surface area contributed by atoms with Crippen molar-refractivity contribution in [2.45, 2.75) is 32.2 Å². The maximum Gasteiger partial charge on any atom is 0.274 e. The summed E-state index contributed by atoms with van der Waals surface area (Å²) in [4.78, 5) is 33.8. The van der Waals surface area contributed by atoms with Crippen molar-refractivity contribution in [3.05, 3.63) is 71.0 Å². The fraction of sp³-hybridized carbons (Fsp3) is 0.280. The number of hydrogen-bond acceptors (Lipinski definition) is 5. The number of aryl methyl sites for hydroxylation is 1. The molecule has 0 saturated carbocycles. The van der Waals surface area contributed by atoms with Gasteiger partial charge in [0.05, 0.1) is 15.4 Å². The molecule has 7 nitrogen and oxygen atoms in total. The number of benzene rings is 2. The third-order valence-corrected chi connectivity index (χ3v) is 7.06. The third-order valence-electron chi connectivity index (χ3n) is 6.04. The number of piperidine rings is 1. The van der Waals surface area contributed by atoms with Crippen LogP contribution in [0.5, 0.6) is 0 Å². The zero-order valence-electron chi connectivity index (χ0n) is 18.4. The Hall–Kier alpha value is -3.52. The Kier molecular flexibility index (Phi) is 5.92. The summed E-state index contributed by atoms with van der Waals surface area (Å²) in [5, 5.41) is 11.7. The van der Waals surface area contributed by atoms with E-state index in [1.807, 2.05) is 66.4 Å². The van der Waals surface area contributed by atoms with Crippen molar-refractivity contribution in [2.75, 3.05) is 13.1 Å². The van der Waals surface area contributed by atoms with Crippen LogP contribution in [0.2, 0.25) is 0 Å². The van der Waals surface area contributed by atoms with E-state index in [-0.39, 0.29) is 17.9 Å². The first-order valence-corrected chi connectivity index (χ1v) is 12.0. The standard InChI is InChI=1S/C25H25N5O2S/c1-16-27-22(23(33-16)17-9-3-2-4-10-17)25(32)30-14-8-7-11-18(30)15-26-24(31)21-19-12-5-6-13-20(19)28-29-21/h2-6,9-10,12-13,18H,7-8,11,14-15H2,1H3,(H,26,31)(H,28,29). The fourth-order valence-electron chi connectivity index (χ4n) is 4.40. The summed E-state index contributed by atoms with van der Waals surface area (Å²) in [6, 6.07) is 17.4. The van der Waals surface area contributed by atoms with Crippen LogP contribution in [0.25, 0.3) is 21.3 Å². The molecular formula is C25H25N5O2S. The quantitative estimate of drug-likeness (QED) is 0.462. The predicted octanol–water partition coefficient (Wildman–Crippen LogP) is 4.42. The molecule has 2 amide bonds. The zero-order chi connectivity index (χ0) is 22.8. The van der Waals surface area contributed by atoms with Crippen molar-refractivity contribution >= 4 is 34.1 Å². The first-order chi connectivity index (χ1) is 16.1. The second kappa shape index (κ2) is 9.15. The molecule has 168 valence electrons. The molecule has 0 radical (unpaired) electrons. The van der Waals surface area contributed by atoms with Crippen LogP contribution in [0.3, 0.4) is 0 Å². The van der Waals surface area contributed by atoms with Gasteiger partial charge in [-0.05, 0) is 37.8 Å². The van der Waals surface area contributed by atoms with Gasteiger partial charge < -0.3 is 10.2 Å². The molecule has 2 aromatic heterocycles. The van der Waals surface area contributed by atoms with E-state index in [9.17, 15) is 9.59 Å². The maximum absolute atomic E-state index is 13.6. The van der Waals surface area contributed by atoms with Gasteiger partial charge in [-0.25, -0.2) is 4.98 Å². The monoisotopic (exact) mass is 459 g/mol. The normalized spacial score (nSPS) is 16.2. The summed E-state index contributed by atoms with van der Waals surface area (Å²) < 4.78 is 0. The molecule has 1 aliphatic heterocycles. The second-order valence-electron chi connectivity index (χ2n) is 8.25. The van der Waals surface area contributed by atoms with E-state index >= 15 is 0 Å². The molecule has 5 rings (SSSR count). The number of aromatic nitrogens is 3. The Bertz CT molecular complexity index is 1300. The van der Waals surface area contributed by atoms with Crippen LogP contribution >= 0.6 is 11.3 Å². The van der Waals surface area contributed by atoms with Gasteiger partial charge in [-0.3, -0.25) is 14.7 Å². The molecule has 0 spiro atoms. The molecule has 1 aliphatic rings. The number of likely N-dealkylation sites (tertiary alicyclic amines) is 1. The minimum Gasteiger partial charge on any atom is -0.349 e. The Morgan fingerprint density at radius 1 is 1.09 bits per heavy atom. The molecule has 8 heteroatoms. The molecule has 3 heterocycles. The van der Waals surface area contributed by atoms with Crippen LogP contribution in [0.1, 0.15) is 45.2 Å². The van der Waals surface area contributed by atoms with Gasteiger partial charge in [0.2, 0.25) is 0 Å². The summed E-state index contributed by atoms with van der Waals surface area (Å²) >= 11 is 1.54. The first kappa shape index (κ1) is 21.3. The molecule has 1 unspecified atom stereocenters. The molecule has 1 atom stereocenters. The Morgan fingerprint density at radius 2 is 1.88 bits per heavy atom. The highest BCUT2D eigenvalue weighted by molar-refractivity contribution is 7.15. The number of carbonyl (C=O) groups is 2. The van der Waals surface area contributed by atoms with Crippen LogP contribution in [-0.2, 0) is 0 Å². The molecule has 1 saturated heterocycles. The number of aromatic amines is 1. The Labute approximate surface area is 195 Å². The van der Waals surface area contributed by atoms with Gasteiger partial charge in [0.25, 0.3) is 11.8 Å². The van der Waals surface area contributed by atoms with Gasteiger partial charge in [-0.15, -0.1) is 11.3 Å². The summed E-state index contributed by atoms with van der Waals surface area (Å²) in [6.07, 6.45) is 2.82. The SMILES string of the molecule is Cc1nc(C(=O)N2CCCCC2CNC(=O)c2n[nH]c3ccccc23)c(-c2ccccc2)s1. The van der Waals surface area contributed by atoms with E-state index in [1.54, 1.807) is 0 Å². The number of H-pyrrole nitrogens is 1. The van der Waals surface area contributed by atoms with Gasteiger partial charge in [-0.2, -0.15) is 5.10 Å². The van der Waals surface area contributed by atoms with E-state index < -0.39 is 0 Å². The largest absolute Gasteiger partial charge is 0.349 e. The van der Waals surface area contributed by atoms with Gasteiger partial charge in [0, 0.05) is 24.5 Å². The summed E-state index contributed by atoms with van der Waals surface area (Å²) in [5.74, 6) is -0.303. The number of fused-ring (bicyclic) bond motifs is 1. The minimum absolute atomic E-state index is 0.0672. The highest BCUT2D eigenvalue weighted by Crippen LogP contribution is 2.32. The fourth-order valence-corrected chi connectivity index (χ4v) is 5.32. The second-order valence-corrected chi connectivity index (χ2v) is 9.46. The van der Waals surface area contributed by atoms with Crippen molar-refractivity contribution in [3.8, 4) is 10.4 Å². The number of hydrogen-bond donors (Lipinski definition) is 2. The average Bonchev–Trinajstić information content (AvgIpc) is 3.46. The molecular weight excluding hydrogens is 434 g/mol. The lowest BCUT2D eigenvalue weighted by atomic mass is 10.0. The summed E-state index contributed by atoms with van der Waals surface area (Å²) in [6.45, 7) is 2.97. The molecule has 4 aromatic rings. The van der Waals surface area contributed by atoms with Gasteiger partial charge in [0.15, 0.2) is 5.69 Å². The topological polar surface area (TPSA) is 91.0 Å². The van der Waals surface area contributed by atoms with Gasteiger partial charge >= 0.3 is 0 Å². The molecule has 2 aromatic carbocycles. The van der Waals surface area contributed by atoms with Crippen molar-refractivity contribution in [3.63, 3.8) is 0 Å². The first-order valence-electron chi connectivity index (χ1n) is 11.2. The molecule has 2 N–H and O–H groups in total. The Balaban J connectivity index is 1.34. The van der Waals surface area contributed by atoms with E-state index in [4.69, 9.17) is 0 Å². The number of nitrogens with zero attached hydrogens (tertiary/aromatic N) is 3. The molecule has 33 heavy (non-hydrogen) atoms. The number of para-hydroxylation sites is 1. The lowest BCUT2D eigenvalue weighted by Crippen LogP contribution is -2.49. The molecule has 0 bridgehead atoms. The van der Waals surface area contributed by atoms with Crippen LogP contribution in [0.15, 0.2) is 54.6 Å². The summed E-state index contributed by atoms with van der Waals surface area (Å²) in [7, 11) is 0. The van der Waals surface area contributed by atoms with E-state index in [0.717, 1.165) is 45.6 Å². The lowest BCUT2D eigenvalue weighted by Gasteiger charge is -2.35. The van der Waals surface area contributed by atoms with Crippen LogP contribution in [0.4, 0.5) is 0 Å². The highest BCUT2D eigenvalue weighted by atomic mass is 32.1. The number of carbonyl (C=O) groups excluding carboxylic acids is 2. The van der Waals surface area contributed by atoms with Gasteiger partial charge in [0.1, 0.15) is 5.69 Å². The molecule has 0 aliphatic carbocycles. The minimum atomic E-state index is -0.236. The van der Waals surface area contributed by atoms with Crippen LogP contribution < -0.4 is 5.32 Å². The van der Waals surface area contributed by atoms with Crippen molar-refractivity contribution < 1.29 is 9.59 Å². The van der Waals surface area contributed by atoms with E-state index in [1.165, 1.54) is 11.3 Å². The third kappa shape index (κ3) is 4.26. The van der Waals surface area contributed by atoms with Crippen molar-refractivity contribution in [1.82, 2.24) is 25.4 Å². The highest BCUT2D eigenvalue weighted by Gasteiger charge is 2.31. The Morgan fingerprint density at radius 3 is 2.73 bits per heavy atom. The predicted molar refractivity (Wildman–Crippen MR) is 129 cm³/mol. The molecule has 1 fully saturated rings. The van der Waals surface area contributed by atoms with Crippen LogP contribution in [-0.4, -0.2) is 51.0 Å². The number of rotatable bonds is 5. The summed E-state index contributed by atoms with van der Waals surface area (Å²) in [5.41, 5.74) is 2.70. The average molecular weight is 460 g/mol. The number of nitrogens with one attached hydrogen (secondary N) is 2. The number of thiazole rings is 1. The van der Waals surface area contributed by atoms with Crippen molar-refractivity contribution in [2.24, 2.45) is 0 Å². The van der Waals surface area contributed by atoms with Crippen molar-refractivity contribution in [1.29, 1.82) is 0 Å². The van der Waals surface area contributed by atoms with Crippen LogP contribution in [0, 0.1) is 6.92 Å². The lowest BCUT2D eigenvalue weighted by molar-refractivity contribution is 0.0598.